The molecule has 0 saturated heterocycles. The first-order chi connectivity index (χ1) is 13.8. The fraction of sp³-hybridized carbons (Fsp3) is 0.333. The van der Waals surface area contributed by atoms with E-state index in [4.69, 9.17) is 9.05 Å². The van der Waals surface area contributed by atoms with Gasteiger partial charge in [-0.1, -0.05) is 12.1 Å². The zero-order chi connectivity index (χ0) is 21.2. The molecule has 0 bridgehead atoms. The molecule has 0 N–H and O–H groups in total. The zero-order valence-electron chi connectivity index (χ0n) is 16.4. The first-order valence-electron chi connectivity index (χ1n) is 9.30. The minimum atomic E-state index is -3.64. The van der Waals surface area contributed by atoms with E-state index in [1.807, 2.05) is 6.92 Å². The predicted molar refractivity (Wildman–Crippen MR) is 110 cm³/mol. The van der Waals surface area contributed by atoms with E-state index in [-0.39, 0.29) is 25.5 Å². The van der Waals surface area contributed by atoms with Gasteiger partial charge in [-0.05, 0) is 68.0 Å². The molecule has 0 radical (unpaired) electrons. The Morgan fingerprint density at radius 3 is 2.31 bits per heavy atom. The zero-order valence-corrected chi connectivity index (χ0v) is 18.1. The van der Waals surface area contributed by atoms with Crippen molar-refractivity contribution in [1.82, 2.24) is 0 Å². The Morgan fingerprint density at radius 2 is 1.69 bits per heavy atom. The molecule has 0 amide bonds. The van der Waals surface area contributed by atoms with Gasteiger partial charge in [0.15, 0.2) is 11.6 Å². The van der Waals surface area contributed by atoms with E-state index in [1.54, 1.807) is 19.9 Å². The third-order valence-corrected chi connectivity index (χ3v) is 8.64. The van der Waals surface area contributed by atoms with E-state index < -0.39 is 24.9 Å². The standard InChI is InChI=1S/C21H22F3O3PS/c1-4-26-28(25,27-5-2)19(11-14-6-9-17(23)18(24)10-14)21-13(3)16-8-7-15(22)12-20(16)29-21/h6-10,12,19H,4-5,11H2,1-3H3. The Labute approximate surface area is 172 Å². The van der Waals surface area contributed by atoms with Gasteiger partial charge in [0.05, 0.1) is 18.9 Å². The van der Waals surface area contributed by atoms with Crippen LogP contribution in [0.4, 0.5) is 13.2 Å². The van der Waals surface area contributed by atoms with E-state index in [0.717, 1.165) is 28.0 Å². The monoisotopic (exact) mass is 442 g/mol. The molecular weight excluding hydrogens is 420 g/mol. The molecule has 0 fully saturated rings. The van der Waals surface area contributed by atoms with Crippen LogP contribution in [0.5, 0.6) is 0 Å². The highest BCUT2D eigenvalue weighted by Crippen LogP contribution is 2.64. The van der Waals surface area contributed by atoms with Crippen LogP contribution in [0.3, 0.4) is 0 Å². The van der Waals surface area contributed by atoms with E-state index in [0.29, 0.717) is 10.3 Å². The molecule has 0 aliphatic heterocycles. The van der Waals surface area contributed by atoms with Crippen LogP contribution in [0, 0.1) is 24.4 Å². The summed E-state index contributed by atoms with van der Waals surface area (Å²) in [5.41, 5.74) is 0.585. The molecule has 1 unspecified atom stereocenters. The summed E-state index contributed by atoms with van der Waals surface area (Å²) in [5.74, 6) is -2.28. The highest BCUT2D eigenvalue weighted by Gasteiger charge is 2.39. The second kappa shape index (κ2) is 9.00. The van der Waals surface area contributed by atoms with Gasteiger partial charge in [-0.15, -0.1) is 11.3 Å². The number of thiophene rings is 1. The molecule has 3 aromatic rings. The van der Waals surface area contributed by atoms with Gasteiger partial charge in [0.1, 0.15) is 5.82 Å². The molecule has 156 valence electrons. The van der Waals surface area contributed by atoms with Crippen molar-refractivity contribution in [3.63, 3.8) is 0 Å². The Bertz CT molecular complexity index is 1060. The lowest BCUT2D eigenvalue weighted by Crippen LogP contribution is -2.10. The minimum Gasteiger partial charge on any atom is -0.308 e. The molecular formula is C21H22F3O3PS. The van der Waals surface area contributed by atoms with Crippen LogP contribution in [0.2, 0.25) is 0 Å². The Kier molecular flexibility index (Phi) is 6.84. The second-order valence-corrected chi connectivity index (χ2v) is 9.88. The van der Waals surface area contributed by atoms with E-state index in [2.05, 4.69) is 0 Å². The van der Waals surface area contributed by atoms with Gasteiger partial charge in [0.2, 0.25) is 0 Å². The number of benzene rings is 2. The maximum absolute atomic E-state index is 13.8. The molecule has 0 spiro atoms. The average molecular weight is 442 g/mol. The van der Waals surface area contributed by atoms with Crippen molar-refractivity contribution in [1.29, 1.82) is 0 Å². The van der Waals surface area contributed by atoms with Crippen molar-refractivity contribution >= 4 is 29.0 Å². The Balaban J connectivity index is 2.15. The molecule has 3 rings (SSSR count). The number of hydrogen-bond donors (Lipinski definition) is 0. The third kappa shape index (κ3) is 4.58. The fourth-order valence-electron chi connectivity index (χ4n) is 3.35. The highest BCUT2D eigenvalue weighted by molar-refractivity contribution is 7.54. The summed E-state index contributed by atoms with van der Waals surface area (Å²) in [6.45, 7) is 5.64. The minimum absolute atomic E-state index is 0.130. The number of halogens is 3. The lowest BCUT2D eigenvalue weighted by molar-refractivity contribution is 0.212. The lowest BCUT2D eigenvalue weighted by atomic mass is 10.0. The van der Waals surface area contributed by atoms with Crippen LogP contribution in [0.1, 0.15) is 35.5 Å². The normalized spacial score (nSPS) is 13.2. The molecule has 1 aromatic heterocycles. The highest BCUT2D eigenvalue weighted by atomic mass is 32.1. The number of aryl methyl sites for hydroxylation is 1. The summed E-state index contributed by atoms with van der Waals surface area (Å²) in [4.78, 5) is 0.723. The van der Waals surface area contributed by atoms with Crippen LogP contribution >= 0.6 is 18.9 Å². The molecule has 3 nitrogen and oxygen atoms in total. The summed E-state index contributed by atoms with van der Waals surface area (Å²) in [5, 5.41) is 0.848. The second-order valence-electron chi connectivity index (χ2n) is 6.58. The molecule has 8 heteroatoms. The van der Waals surface area contributed by atoms with Crippen molar-refractivity contribution in [2.24, 2.45) is 0 Å². The van der Waals surface area contributed by atoms with Gasteiger partial charge >= 0.3 is 7.60 Å². The van der Waals surface area contributed by atoms with Crippen LogP contribution in [-0.2, 0) is 20.0 Å². The topological polar surface area (TPSA) is 35.5 Å². The van der Waals surface area contributed by atoms with Crippen LogP contribution in [0.15, 0.2) is 36.4 Å². The van der Waals surface area contributed by atoms with Crippen LogP contribution in [0.25, 0.3) is 10.1 Å². The van der Waals surface area contributed by atoms with Crippen LogP contribution < -0.4 is 0 Å². The smallest absolute Gasteiger partial charge is 0.308 e. The SMILES string of the molecule is CCOP(=O)(OCC)C(Cc1ccc(F)c(F)c1)c1sc2cc(F)ccc2c1C. The van der Waals surface area contributed by atoms with E-state index in [9.17, 15) is 17.7 Å². The predicted octanol–water partition coefficient (Wildman–Crippen LogP) is 7.18. The van der Waals surface area contributed by atoms with Crippen molar-refractivity contribution < 1.29 is 26.8 Å². The van der Waals surface area contributed by atoms with Crippen molar-refractivity contribution in [3.8, 4) is 0 Å². The molecule has 29 heavy (non-hydrogen) atoms. The van der Waals surface area contributed by atoms with Gasteiger partial charge in [0, 0.05) is 9.58 Å². The largest absolute Gasteiger partial charge is 0.339 e. The first kappa shape index (κ1) is 22.0. The van der Waals surface area contributed by atoms with E-state index >= 15 is 0 Å². The fourth-order valence-corrected chi connectivity index (χ4v) is 7.19. The van der Waals surface area contributed by atoms with Crippen molar-refractivity contribution in [2.45, 2.75) is 32.9 Å². The summed E-state index contributed by atoms with van der Waals surface area (Å²) < 4.78 is 66.4. The Morgan fingerprint density at radius 1 is 1.00 bits per heavy atom. The maximum Gasteiger partial charge on any atom is 0.339 e. The summed E-state index contributed by atoms with van der Waals surface area (Å²) in [6, 6.07) is 8.07. The van der Waals surface area contributed by atoms with Gasteiger partial charge < -0.3 is 9.05 Å². The first-order valence-corrected chi connectivity index (χ1v) is 11.7. The van der Waals surface area contributed by atoms with Crippen molar-refractivity contribution in [3.05, 3.63) is 69.9 Å². The van der Waals surface area contributed by atoms with Crippen LogP contribution in [-0.4, -0.2) is 13.2 Å². The molecule has 1 atom stereocenters. The molecule has 0 aliphatic rings. The molecule has 0 aliphatic carbocycles. The van der Waals surface area contributed by atoms with Gasteiger partial charge in [0.25, 0.3) is 0 Å². The number of fused-ring (bicyclic) bond motifs is 1. The summed E-state index contributed by atoms with van der Waals surface area (Å²) >= 11 is 1.31. The lowest BCUT2D eigenvalue weighted by Gasteiger charge is -2.26. The molecule has 2 aromatic carbocycles. The van der Waals surface area contributed by atoms with Gasteiger partial charge in [-0.25, -0.2) is 13.2 Å². The quantitative estimate of drug-likeness (QED) is 0.347. The number of hydrogen-bond acceptors (Lipinski definition) is 4. The average Bonchev–Trinajstić information content (AvgIpc) is 2.98. The third-order valence-electron chi connectivity index (χ3n) is 4.65. The van der Waals surface area contributed by atoms with E-state index in [1.165, 1.54) is 29.5 Å². The van der Waals surface area contributed by atoms with Crippen molar-refractivity contribution in [2.75, 3.05) is 13.2 Å². The van der Waals surface area contributed by atoms with Gasteiger partial charge in [-0.2, -0.15) is 0 Å². The maximum atomic E-state index is 13.8. The molecule has 0 saturated carbocycles. The summed E-state index contributed by atoms with van der Waals surface area (Å²) in [6.07, 6.45) is 0.130. The number of rotatable bonds is 8. The Hall–Kier alpha value is -1.66. The van der Waals surface area contributed by atoms with Gasteiger partial charge in [-0.3, -0.25) is 4.57 Å². The molecule has 1 heterocycles. The summed E-state index contributed by atoms with van der Waals surface area (Å²) in [7, 11) is -3.64.